The first-order chi connectivity index (χ1) is 23.0. The predicted molar refractivity (Wildman–Crippen MR) is 200 cm³/mol. The van der Waals surface area contributed by atoms with Gasteiger partial charge >= 0.3 is 5.97 Å². The molecule has 0 aliphatic carbocycles. The van der Waals surface area contributed by atoms with Gasteiger partial charge in [-0.2, -0.15) is 0 Å². The van der Waals surface area contributed by atoms with Crippen LogP contribution in [0.15, 0.2) is 12.2 Å². The Hall–Kier alpha value is -1.40. The number of nitrogens with one attached hydrogen (secondary N) is 1. The fourth-order valence-electron chi connectivity index (χ4n) is 6.10. The van der Waals surface area contributed by atoms with Gasteiger partial charge in [0.15, 0.2) is 0 Å². The molecule has 0 radical (unpaired) electrons. The number of hydrogen-bond acceptors (Lipinski definition) is 5. The normalized spacial score (nSPS) is 12.9. The summed E-state index contributed by atoms with van der Waals surface area (Å²) in [6, 6.07) is -0.562. The van der Waals surface area contributed by atoms with Crippen LogP contribution in [0.4, 0.5) is 0 Å². The molecule has 0 heterocycles. The zero-order chi connectivity index (χ0) is 34.5. The first-order valence-electron chi connectivity index (χ1n) is 20.4. The van der Waals surface area contributed by atoms with Crippen LogP contribution in [0, 0.1) is 0 Å². The minimum Gasteiger partial charge on any atom is -0.466 e. The van der Waals surface area contributed by atoms with Gasteiger partial charge in [-0.3, -0.25) is 9.59 Å². The van der Waals surface area contributed by atoms with Crippen molar-refractivity contribution in [3.05, 3.63) is 12.2 Å². The molecule has 0 aromatic carbocycles. The lowest BCUT2D eigenvalue weighted by Gasteiger charge is -2.22. The third kappa shape index (κ3) is 34.3. The monoisotopic (exact) mass is 666 g/mol. The first-order valence-corrected chi connectivity index (χ1v) is 20.4. The highest BCUT2D eigenvalue weighted by molar-refractivity contribution is 5.76. The van der Waals surface area contributed by atoms with Crippen molar-refractivity contribution in [2.24, 2.45) is 0 Å². The van der Waals surface area contributed by atoms with E-state index in [0.717, 1.165) is 77.0 Å². The number of carbonyl (C=O) groups excluding carboxylic acids is 2. The van der Waals surface area contributed by atoms with Crippen LogP contribution in [0.1, 0.15) is 213 Å². The Balaban J connectivity index is 3.54. The van der Waals surface area contributed by atoms with Crippen LogP contribution in [0.3, 0.4) is 0 Å². The highest BCUT2D eigenvalue weighted by atomic mass is 16.5. The van der Waals surface area contributed by atoms with Crippen molar-refractivity contribution in [3.63, 3.8) is 0 Å². The number of rotatable bonds is 37. The van der Waals surface area contributed by atoms with E-state index in [1.54, 1.807) is 0 Å². The summed E-state index contributed by atoms with van der Waals surface area (Å²) in [5, 5.41) is 22.9. The third-order valence-electron chi connectivity index (χ3n) is 9.31. The van der Waals surface area contributed by atoms with E-state index in [1.807, 2.05) is 0 Å². The average Bonchev–Trinajstić information content (AvgIpc) is 3.07. The second-order valence-electron chi connectivity index (χ2n) is 14.0. The third-order valence-corrected chi connectivity index (χ3v) is 9.31. The Morgan fingerprint density at radius 2 is 1.00 bits per heavy atom. The Morgan fingerprint density at radius 1 is 0.574 bits per heavy atom. The van der Waals surface area contributed by atoms with Crippen molar-refractivity contribution < 1.29 is 24.5 Å². The lowest BCUT2D eigenvalue weighted by atomic mass is 10.0. The Morgan fingerprint density at radius 3 is 1.51 bits per heavy atom. The summed E-state index contributed by atoms with van der Waals surface area (Å²) in [6.07, 6.45) is 38.8. The molecule has 6 nitrogen and oxygen atoms in total. The van der Waals surface area contributed by atoms with Crippen LogP contribution in [0.25, 0.3) is 0 Å². The number of allylic oxidation sites excluding steroid dienone is 2. The molecule has 0 aliphatic rings. The van der Waals surface area contributed by atoms with Gasteiger partial charge in [0, 0.05) is 12.8 Å². The lowest BCUT2D eigenvalue weighted by molar-refractivity contribution is -0.143. The highest BCUT2D eigenvalue weighted by Crippen LogP contribution is 2.14. The number of unbranched alkanes of at least 4 members (excludes halogenated alkanes) is 24. The average molecular weight is 666 g/mol. The maximum absolute atomic E-state index is 12.3. The SMILES string of the molecule is CCCCCCCCCCCCCC(=O)OCCCC/C=C\CCCCCCC(=O)NC(CO)C(O)CCCCCCCCCCC. The van der Waals surface area contributed by atoms with Crippen LogP contribution in [-0.2, 0) is 14.3 Å². The molecule has 0 aromatic rings. The van der Waals surface area contributed by atoms with E-state index in [-0.39, 0.29) is 18.5 Å². The predicted octanol–water partition coefficient (Wildman–Crippen LogP) is 11.1. The second kappa shape index (κ2) is 37.4. The number of aliphatic hydroxyl groups is 2. The zero-order valence-electron chi connectivity index (χ0n) is 31.3. The minimum atomic E-state index is -0.681. The molecule has 0 saturated carbocycles. The fourth-order valence-corrected chi connectivity index (χ4v) is 6.10. The van der Waals surface area contributed by atoms with Crippen LogP contribution < -0.4 is 5.32 Å². The first kappa shape index (κ1) is 45.6. The van der Waals surface area contributed by atoms with E-state index in [2.05, 4.69) is 31.3 Å². The molecule has 0 rings (SSSR count). The molecule has 0 fully saturated rings. The van der Waals surface area contributed by atoms with Crippen LogP contribution >= 0.6 is 0 Å². The largest absolute Gasteiger partial charge is 0.466 e. The zero-order valence-corrected chi connectivity index (χ0v) is 31.3. The molecular weight excluding hydrogens is 586 g/mol. The molecule has 278 valence electrons. The van der Waals surface area contributed by atoms with Crippen molar-refractivity contribution in [3.8, 4) is 0 Å². The summed E-state index contributed by atoms with van der Waals surface area (Å²) in [5.74, 6) is -0.112. The molecule has 0 spiro atoms. The highest BCUT2D eigenvalue weighted by Gasteiger charge is 2.20. The van der Waals surface area contributed by atoms with E-state index < -0.39 is 12.1 Å². The van der Waals surface area contributed by atoms with E-state index >= 15 is 0 Å². The summed E-state index contributed by atoms with van der Waals surface area (Å²) < 4.78 is 5.39. The molecule has 0 aliphatic heterocycles. The number of carbonyl (C=O) groups is 2. The second-order valence-corrected chi connectivity index (χ2v) is 14.0. The standard InChI is InChI=1S/C41H79NO5/c1-3-5-7-9-11-13-14-19-23-27-31-35-41(46)47-36-32-28-24-20-16-15-18-22-26-30-34-40(45)42-38(37-43)39(44)33-29-25-21-17-12-10-8-6-4-2/h16,20,38-39,43-44H,3-15,17-19,21-37H2,1-2H3,(H,42,45)/b20-16-. The number of esters is 1. The molecule has 2 atom stereocenters. The maximum atomic E-state index is 12.3. The van der Waals surface area contributed by atoms with E-state index in [4.69, 9.17) is 4.74 Å². The van der Waals surface area contributed by atoms with Gasteiger partial charge in [-0.05, 0) is 51.4 Å². The van der Waals surface area contributed by atoms with Crippen molar-refractivity contribution in [2.75, 3.05) is 13.2 Å². The van der Waals surface area contributed by atoms with Crippen LogP contribution in [0.2, 0.25) is 0 Å². The topological polar surface area (TPSA) is 95.9 Å². The molecular formula is C41H79NO5. The minimum absolute atomic E-state index is 0.0379. The molecule has 0 saturated heterocycles. The van der Waals surface area contributed by atoms with Crippen LogP contribution in [-0.4, -0.2) is 47.4 Å². The van der Waals surface area contributed by atoms with Crippen LogP contribution in [0.5, 0.6) is 0 Å². The van der Waals surface area contributed by atoms with Gasteiger partial charge in [-0.25, -0.2) is 0 Å². The summed E-state index contributed by atoms with van der Waals surface area (Å²) >= 11 is 0. The molecule has 47 heavy (non-hydrogen) atoms. The van der Waals surface area contributed by atoms with E-state index in [1.165, 1.54) is 103 Å². The number of ether oxygens (including phenoxy) is 1. The Kier molecular flexibility index (Phi) is 36.3. The summed E-state index contributed by atoms with van der Waals surface area (Å²) in [6.45, 7) is 4.82. The van der Waals surface area contributed by atoms with Crippen molar-refractivity contribution in [1.29, 1.82) is 0 Å². The fraction of sp³-hybridized carbons (Fsp3) is 0.902. The van der Waals surface area contributed by atoms with Crippen molar-refractivity contribution >= 4 is 11.9 Å². The summed E-state index contributed by atoms with van der Waals surface area (Å²) in [7, 11) is 0. The molecule has 1 amide bonds. The number of aliphatic hydroxyl groups excluding tert-OH is 2. The van der Waals surface area contributed by atoms with Gasteiger partial charge in [0.1, 0.15) is 0 Å². The quantitative estimate of drug-likeness (QED) is 0.0349. The van der Waals surface area contributed by atoms with Gasteiger partial charge in [0.05, 0.1) is 25.4 Å². The number of hydrogen-bond donors (Lipinski definition) is 3. The Labute approximate surface area is 291 Å². The molecule has 6 heteroatoms. The summed E-state index contributed by atoms with van der Waals surface area (Å²) in [5.41, 5.74) is 0. The van der Waals surface area contributed by atoms with Crippen molar-refractivity contribution in [1.82, 2.24) is 5.32 Å². The maximum Gasteiger partial charge on any atom is 0.305 e. The van der Waals surface area contributed by atoms with Gasteiger partial charge in [-0.1, -0.05) is 161 Å². The smallest absolute Gasteiger partial charge is 0.305 e. The van der Waals surface area contributed by atoms with Crippen molar-refractivity contribution in [2.45, 2.75) is 225 Å². The van der Waals surface area contributed by atoms with Gasteiger partial charge in [0.25, 0.3) is 0 Å². The van der Waals surface area contributed by atoms with E-state index in [0.29, 0.717) is 25.9 Å². The molecule has 0 aromatic heterocycles. The van der Waals surface area contributed by atoms with Gasteiger partial charge in [-0.15, -0.1) is 0 Å². The van der Waals surface area contributed by atoms with Gasteiger partial charge in [0.2, 0.25) is 5.91 Å². The lowest BCUT2D eigenvalue weighted by Crippen LogP contribution is -2.45. The molecule has 3 N–H and O–H groups in total. The Bertz CT molecular complexity index is 697. The van der Waals surface area contributed by atoms with E-state index in [9.17, 15) is 19.8 Å². The van der Waals surface area contributed by atoms with Gasteiger partial charge < -0.3 is 20.3 Å². The number of amides is 1. The summed E-state index contributed by atoms with van der Waals surface area (Å²) in [4.78, 5) is 24.2. The molecule has 2 unspecified atom stereocenters. The molecule has 0 bridgehead atoms.